The summed E-state index contributed by atoms with van der Waals surface area (Å²) >= 11 is 5.88. The molecule has 0 fully saturated rings. The Morgan fingerprint density at radius 2 is 2.08 bits per heavy atom. The van der Waals surface area contributed by atoms with Gasteiger partial charge >= 0.3 is 6.10 Å². The standard InChI is InChI=1S/C14H16ClFN4O4/c1-3-23-6-4-5-20-11-8-10(18-13(15)19-11)9(16)7(2)17-12(8)24-14(20,21)22/h21-22H,3-6H2,1-2H3. The van der Waals surface area contributed by atoms with Gasteiger partial charge in [0.1, 0.15) is 10.9 Å². The van der Waals surface area contributed by atoms with E-state index in [2.05, 4.69) is 15.0 Å². The van der Waals surface area contributed by atoms with Crippen molar-refractivity contribution >= 4 is 28.3 Å². The molecule has 10 heteroatoms. The minimum absolute atomic E-state index is 0.00110. The topological polar surface area (TPSA) is 101 Å². The van der Waals surface area contributed by atoms with Gasteiger partial charge in [-0.25, -0.2) is 14.4 Å². The fraction of sp³-hybridized carbons (Fsp3) is 0.500. The van der Waals surface area contributed by atoms with Gasteiger partial charge in [0.05, 0.1) is 5.69 Å². The predicted molar refractivity (Wildman–Crippen MR) is 83.3 cm³/mol. The molecule has 0 aliphatic carbocycles. The number of aliphatic hydroxyl groups is 2. The molecule has 2 aromatic rings. The molecule has 0 bridgehead atoms. The molecule has 0 unspecified atom stereocenters. The number of aryl methyl sites for hydroxylation is 1. The summed E-state index contributed by atoms with van der Waals surface area (Å²) in [4.78, 5) is 12.9. The Balaban J connectivity index is 2.12. The van der Waals surface area contributed by atoms with Gasteiger partial charge in [0.15, 0.2) is 11.6 Å². The van der Waals surface area contributed by atoms with Gasteiger partial charge in [-0.2, -0.15) is 4.98 Å². The van der Waals surface area contributed by atoms with Crippen molar-refractivity contribution < 1.29 is 24.1 Å². The van der Waals surface area contributed by atoms with Crippen molar-refractivity contribution in [3.63, 3.8) is 0 Å². The molecule has 0 amide bonds. The SMILES string of the molecule is CCOCCCN1c2nc(Cl)nc3c(F)c(C)nc(c23)OC1(O)O. The molecular formula is C14H16ClFN4O4. The zero-order chi connectivity index (χ0) is 17.5. The van der Waals surface area contributed by atoms with E-state index >= 15 is 0 Å². The molecule has 0 atom stereocenters. The number of pyridine rings is 1. The van der Waals surface area contributed by atoms with Crippen LogP contribution in [-0.2, 0) is 4.74 Å². The van der Waals surface area contributed by atoms with E-state index in [9.17, 15) is 14.6 Å². The monoisotopic (exact) mass is 358 g/mol. The smallest absolute Gasteiger partial charge is 0.403 e. The molecule has 3 rings (SSSR count). The van der Waals surface area contributed by atoms with E-state index < -0.39 is 11.9 Å². The van der Waals surface area contributed by atoms with Crippen LogP contribution >= 0.6 is 11.6 Å². The summed E-state index contributed by atoms with van der Waals surface area (Å²) in [5.41, 5.74) is -0.0865. The molecule has 0 spiro atoms. The van der Waals surface area contributed by atoms with Crippen LogP contribution in [0.2, 0.25) is 5.28 Å². The van der Waals surface area contributed by atoms with Crippen molar-refractivity contribution in [2.75, 3.05) is 24.7 Å². The zero-order valence-corrected chi connectivity index (χ0v) is 13.8. The lowest BCUT2D eigenvalue weighted by molar-refractivity contribution is -0.294. The van der Waals surface area contributed by atoms with Gasteiger partial charge in [-0.3, -0.25) is 4.90 Å². The second kappa shape index (κ2) is 6.25. The van der Waals surface area contributed by atoms with Crippen molar-refractivity contribution in [1.82, 2.24) is 15.0 Å². The van der Waals surface area contributed by atoms with Gasteiger partial charge in [-0.1, -0.05) is 0 Å². The number of rotatable bonds is 5. The van der Waals surface area contributed by atoms with E-state index in [1.165, 1.54) is 6.92 Å². The van der Waals surface area contributed by atoms with E-state index in [4.69, 9.17) is 21.1 Å². The maximum Gasteiger partial charge on any atom is 0.421 e. The van der Waals surface area contributed by atoms with E-state index in [1.807, 2.05) is 6.92 Å². The third-order valence-corrected chi connectivity index (χ3v) is 3.76. The molecule has 1 aliphatic heterocycles. The van der Waals surface area contributed by atoms with Gasteiger partial charge in [-0.15, -0.1) is 0 Å². The van der Waals surface area contributed by atoms with E-state index in [0.29, 0.717) is 19.6 Å². The van der Waals surface area contributed by atoms with Gasteiger partial charge in [0.2, 0.25) is 11.2 Å². The highest BCUT2D eigenvalue weighted by molar-refractivity contribution is 6.29. The first-order valence-corrected chi connectivity index (χ1v) is 7.75. The normalized spacial score (nSPS) is 15.7. The van der Waals surface area contributed by atoms with Crippen molar-refractivity contribution in [1.29, 1.82) is 0 Å². The van der Waals surface area contributed by atoms with Crippen LogP contribution in [0.25, 0.3) is 10.9 Å². The van der Waals surface area contributed by atoms with Crippen LogP contribution in [-0.4, -0.2) is 51.0 Å². The first-order valence-electron chi connectivity index (χ1n) is 7.37. The zero-order valence-electron chi connectivity index (χ0n) is 13.1. The number of ether oxygens (including phenoxy) is 2. The predicted octanol–water partition coefficient (Wildman–Crippen LogP) is 1.35. The summed E-state index contributed by atoms with van der Waals surface area (Å²) in [6, 6.07) is 0. The van der Waals surface area contributed by atoms with Crippen LogP contribution in [0.1, 0.15) is 19.0 Å². The summed E-state index contributed by atoms with van der Waals surface area (Å²) in [6.07, 6.45) is -2.23. The average molecular weight is 359 g/mol. The van der Waals surface area contributed by atoms with Crippen LogP contribution in [0.3, 0.4) is 0 Å². The molecule has 2 aromatic heterocycles. The third-order valence-electron chi connectivity index (χ3n) is 3.59. The van der Waals surface area contributed by atoms with Crippen LogP contribution in [0, 0.1) is 12.7 Å². The quantitative estimate of drug-likeness (QED) is 0.469. The Bertz CT molecular complexity index is 789. The summed E-state index contributed by atoms with van der Waals surface area (Å²) < 4.78 is 24.7. The lowest BCUT2D eigenvalue weighted by Crippen LogP contribution is -2.56. The van der Waals surface area contributed by atoms with Crippen molar-refractivity contribution in [2.45, 2.75) is 26.4 Å². The molecule has 2 N–H and O–H groups in total. The highest BCUT2D eigenvalue weighted by Crippen LogP contribution is 2.41. The molecule has 0 saturated heterocycles. The Morgan fingerprint density at radius 1 is 1.33 bits per heavy atom. The number of nitrogens with zero attached hydrogens (tertiary/aromatic N) is 4. The summed E-state index contributed by atoms with van der Waals surface area (Å²) in [7, 11) is 0. The van der Waals surface area contributed by atoms with Crippen molar-refractivity contribution in [2.24, 2.45) is 0 Å². The van der Waals surface area contributed by atoms with E-state index in [0.717, 1.165) is 4.90 Å². The lowest BCUT2D eigenvalue weighted by Gasteiger charge is -2.38. The molecule has 0 saturated carbocycles. The number of hydrogen-bond acceptors (Lipinski definition) is 8. The molecule has 24 heavy (non-hydrogen) atoms. The average Bonchev–Trinajstić information content (AvgIpc) is 2.50. The van der Waals surface area contributed by atoms with Gasteiger partial charge in [-0.05, 0) is 31.9 Å². The minimum atomic E-state index is -2.69. The highest BCUT2D eigenvalue weighted by Gasteiger charge is 2.43. The fourth-order valence-corrected chi connectivity index (χ4v) is 2.68. The highest BCUT2D eigenvalue weighted by atomic mass is 35.5. The second-order valence-corrected chi connectivity index (χ2v) is 5.57. The van der Waals surface area contributed by atoms with E-state index in [1.54, 1.807) is 0 Å². The Hall–Kier alpha value is -1.81. The molecular weight excluding hydrogens is 343 g/mol. The molecule has 0 aromatic carbocycles. The Morgan fingerprint density at radius 3 is 2.79 bits per heavy atom. The Labute approximate surface area is 141 Å². The van der Waals surface area contributed by atoms with E-state index in [-0.39, 0.29) is 40.1 Å². The first kappa shape index (κ1) is 17.0. The molecule has 3 heterocycles. The van der Waals surface area contributed by atoms with Gasteiger partial charge < -0.3 is 19.7 Å². The number of anilines is 1. The number of hydrogen-bond donors (Lipinski definition) is 2. The molecule has 0 radical (unpaired) electrons. The van der Waals surface area contributed by atoms with Crippen LogP contribution in [0.4, 0.5) is 10.2 Å². The lowest BCUT2D eigenvalue weighted by atomic mass is 10.2. The number of halogens is 2. The molecule has 1 aliphatic rings. The second-order valence-electron chi connectivity index (χ2n) is 5.23. The maximum absolute atomic E-state index is 14.3. The van der Waals surface area contributed by atoms with Crippen LogP contribution in [0.15, 0.2) is 0 Å². The summed E-state index contributed by atoms with van der Waals surface area (Å²) in [5.74, 6) is -0.790. The van der Waals surface area contributed by atoms with Crippen LogP contribution < -0.4 is 9.64 Å². The van der Waals surface area contributed by atoms with Crippen LogP contribution in [0.5, 0.6) is 5.88 Å². The van der Waals surface area contributed by atoms with Gasteiger partial charge in [0.25, 0.3) is 0 Å². The largest absolute Gasteiger partial charge is 0.421 e. The third kappa shape index (κ3) is 2.84. The minimum Gasteiger partial charge on any atom is -0.403 e. The molecule has 130 valence electrons. The van der Waals surface area contributed by atoms with Gasteiger partial charge in [0, 0.05) is 19.8 Å². The van der Waals surface area contributed by atoms with Crippen molar-refractivity contribution in [3.8, 4) is 5.88 Å². The number of aromatic nitrogens is 3. The summed E-state index contributed by atoms with van der Waals surface area (Å²) in [5, 5.41) is 20.4. The molecule has 8 nitrogen and oxygen atoms in total. The Kier molecular flexibility index (Phi) is 4.43. The maximum atomic E-state index is 14.3. The summed E-state index contributed by atoms with van der Waals surface area (Å²) in [6.45, 7) is 4.34. The first-order chi connectivity index (χ1) is 11.3. The van der Waals surface area contributed by atoms with Crippen molar-refractivity contribution in [3.05, 3.63) is 16.8 Å². The fourth-order valence-electron chi connectivity index (χ4n) is 2.52.